The van der Waals surface area contributed by atoms with Crippen LogP contribution >= 0.6 is 0 Å². The van der Waals surface area contributed by atoms with E-state index in [2.05, 4.69) is 44.7 Å². The summed E-state index contributed by atoms with van der Waals surface area (Å²) in [6.07, 6.45) is 5.81. The van der Waals surface area contributed by atoms with E-state index < -0.39 is 0 Å². The van der Waals surface area contributed by atoms with E-state index >= 15 is 0 Å². The Bertz CT molecular complexity index is 1130. The van der Waals surface area contributed by atoms with Gasteiger partial charge in [-0.25, -0.2) is 0 Å². The predicted octanol–water partition coefficient (Wildman–Crippen LogP) is 3.34. The fourth-order valence-electron chi connectivity index (χ4n) is 4.53. The number of hydrogen-bond donors (Lipinski definition) is 2. The van der Waals surface area contributed by atoms with Crippen molar-refractivity contribution in [1.29, 1.82) is 0 Å². The highest BCUT2D eigenvalue weighted by atomic mass is 15.3. The smallest absolute Gasteiger partial charge is 0.136 e. The van der Waals surface area contributed by atoms with Gasteiger partial charge in [-0.15, -0.1) is 20.4 Å². The molecule has 4 atom stereocenters. The number of nitrogen functional groups attached to an aromatic ring is 2. The Kier molecular flexibility index (Phi) is 5.13. The quantitative estimate of drug-likeness (QED) is 0.482. The van der Waals surface area contributed by atoms with Crippen LogP contribution in [0.2, 0.25) is 0 Å². The fourth-order valence-corrected chi connectivity index (χ4v) is 4.53. The largest absolute Gasteiger partial charge is 0.399 e. The van der Waals surface area contributed by atoms with E-state index in [1.54, 1.807) is 12.7 Å². The molecule has 0 unspecified atom stereocenters. The number of nitrogens with two attached hydrogens (primary N) is 2. The van der Waals surface area contributed by atoms with Crippen molar-refractivity contribution in [1.82, 2.24) is 29.5 Å². The Morgan fingerprint density at radius 2 is 1.12 bits per heavy atom. The highest BCUT2D eigenvalue weighted by Crippen LogP contribution is 2.54. The molecule has 32 heavy (non-hydrogen) atoms. The Morgan fingerprint density at radius 1 is 0.688 bits per heavy atom. The lowest BCUT2D eigenvalue weighted by atomic mass is 10.1. The van der Waals surface area contributed by atoms with Crippen molar-refractivity contribution in [2.24, 2.45) is 14.1 Å². The average Bonchev–Trinajstić information content (AvgIpc) is 3.67. The fraction of sp³-hybridized carbons (Fsp3) is 0.333. The molecule has 2 aliphatic rings. The van der Waals surface area contributed by atoms with E-state index in [-0.39, 0.29) is 0 Å². The topological polar surface area (TPSA) is 113 Å². The molecular weight excluding hydrogens is 400 g/mol. The predicted molar refractivity (Wildman–Crippen MR) is 124 cm³/mol. The van der Waals surface area contributed by atoms with Gasteiger partial charge in [0.2, 0.25) is 0 Å². The van der Waals surface area contributed by atoms with Crippen LogP contribution in [0, 0.1) is 0 Å². The first-order chi connectivity index (χ1) is 15.5. The monoisotopic (exact) mass is 428 g/mol. The molecule has 0 spiro atoms. The van der Waals surface area contributed by atoms with Crippen LogP contribution in [-0.4, -0.2) is 29.5 Å². The molecule has 2 aliphatic carbocycles. The summed E-state index contributed by atoms with van der Waals surface area (Å²) in [6.45, 7) is 0. The van der Waals surface area contributed by atoms with Crippen LogP contribution in [0.3, 0.4) is 0 Å². The minimum Gasteiger partial charge on any atom is -0.399 e. The van der Waals surface area contributed by atoms with Gasteiger partial charge in [-0.3, -0.25) is 0 Å². The molecule has 2 aromatic carbocycles. The molecule has 6 rings (SSSR count). The molecule has 2 saturated carbocycles. The third-order valence-electron chi connectivity index (χ3n) is 6.41. The van der Waals surface area contributed by atoms with Crippen molar-refractivity contribution in [3.05, 3.63) is 84.0 Å². The summed E-state index contributed by atoms with van der Waals surface area (Å²) >= 11 is 0. The van der Waals surface area contributed by atoms with Gasteiger partial charge in [0.15, 0.2) is 0 Å². The van der Waals surface area contributed by atoms with Crippen LogP contribution in [0.4, 0.5) is 11.4 Å². The van der Waals surface area contributed by atoms with Crippen molar-refractivity contribution < 1.29 is 0 Å². The second-order valence-corrected chi connectivity index (χ2v) is 8.84. The molecule has 0 amide bonds. The molecular formula is C24H28N8. The second-order valence-electron chi connectivity index (χ2n) is 8.84. The van der Waals surface area contributed by atoms with E-state index in [4.69, 9.17) is 11.5 Å². The summed E-state index contributed by atoms with van der Waals surface area (Å²) in [5.74, 6) is 4.29. The van der Waals surface area contributed by atoms with Gasteiger partial charge < -0.3 is 20.6 Å². The normalized spacial score (nSPS) is 23.3. The van der Waals surface area contributed by atoms with Gasteiger partial charge in [0.05, 0.1) is 0 Å². The Balaban J connectivity index is 0.000000135. The zero-order chi connectivity index (χ0) is 22.2. The van der Waals surface area contributed by atoms with Crippen LogP contribution in [0.25, 0.3) is 0 Å². The molecule has 0 bridgehead atoms. The van der Waals surface area contributed by atoms with Gasteiger partial charge >= 0.3 is 0 Å². The summed E-state index contributed by atoms with van der Waals surface area (Å²) in [7, 11) is 3.98. The summed E-state index contributed by atoms with van der Waals surface area (Å²) in [5.41, 5.74) is 15.9. The van der Waals surface area contributed by atoms with Crippen LogP contribution < -0.4 is 11.5 Å². The standard InChI is InChI=1S/2C12H14N4/c2*1-16-7-14-15-12(16)11-6-10(11)8-3-2-4-9(13)5-8/h2*2-5,7,10-11H,6,13H2,1H3/t2*10-,11-/m10/s1. The van der Waals surface area contributed by atoms with E-state index in [0.717, 1.165) is 35.9 Å². The van der Waals surface area contributed by atoms with Crippen LogP contribution in [-0.2, 0) is 14.1 Å². The molecule has 164 valence electrons. The van der Waals surface area contributed by atoms with Crippen LogP contribution in [0.1, 0.15) is 59.3 Å². The summed E-state index contributed by atoms with van der Waals surface area (Å²) in [5, 5.41) is 16.1. The third kappa shape index (κ3) is 4.08. The molecule has 0 radical (unpaired) electrons. The van der Waals surface area contributed by atoms with Crippen molar-refractivity contribution in [3.63, 3.8) is 0 Å². The van der Waals surface area contributed by atoms with Crippen molar-refractivity contribution in [2.75, 3.05) is 11.5 Å². The molecule has 4 N–H and O–H groups in total. The highest BCUT2D eigenvalue weighted by Gasteiger charge is 2.43. The third-order valence-corrected chi connectivity index (χ3v) is 6.41. The first-order valence-electron chi connectivity index (χ1n) is 10.9. The van der Waals surface area contributed by atoms with Gasteiger partial charge in [-0.2, -0.15) is 0 Å². The maximum atomic E-state index is 5.79. The average molecular weight is 429 g/mol. The molecule has 8 heteroatoms. The molecule has 2 heterocycles. The van der Waals surface area contributed by atoms with Gasteiger partial charge in [-0.1, -0.05) is 24.3 Å². The van der Waals surface area contributed by atoms with E-state index in [1.165, 1.54) is 11.1 Å². The first kappa shape index (κ1) is 20.2. The molecule has 0 saturated heterocycles. The molecule has 2 aromatic heterocycles. The number of anilines is 2. The molecule has 4 aromatic rings. The Morgan fingerprint density at radius 3 is 1.47 bits per heavy atom. The van der Waals surface area contributed by atoms with E-state index in [1.807, 2.05) is 47.5 Å². The van der Waals surface area contributed by atoms with Crippen molar-refractivity contribution in [3.8, 4) is 0 Å². The molecule has 0 aliphatic heterocycles. The first-order valence-corrected chi connectivity index (χ1v) is 10.9. The van der Waals surface area contributed by atoms with Crippen LogP contribution in [0.15, 0.2) is 61.2 Å². The van der Waals surface area contributed by atoms with Gasteiger partial charge in [0, 0.05) is 37.3 Å². The number of benzene rings is 2. The molecule has 8 nitrogen and oxygen atoms in total. The summed E-state index contributed by atoms with van der Waals surface area (Å²) in [4.78, 5) is 0. The minimum absolute atomic E-state index is 0.509. The second kappa shape index (κ2) is 8.11. The molecule has 2 fully saturated rings. The number of hydrogen-bond acceptors (Lipinski definition) is 6. The maximum absolute atomic E-state index is 5.79. The maximum Gasteiger partial charge on any atom is 0.136 e. The lowest BCUT2D eigenvalue weighted by Crippen LogP contribution is -1.96. The van der Waals surface area contributed by atoms with Crippen LogP contribution in [0.5, 0.6) is 0 Å². The zero-order valence-electron chi connectivity index (χ0n) is 18.3. The number of aromatic nitrogens is 6. The van der Waals surface area contributed by atoms with E-state index in [9.17, 15) is 0 Å². The zero-order valence-corrected chi connectivity index (χ0v) is 18.3. The van der Waals surface area contributed by atoms with E-state index in [0.29, 0.717) is 23.7 Å². The summed E-state index contributed by atoms with van der Waals surface area (Å²) in [6, 6.07) is 16.2. The lowest BCUT2D eigenvalue weighted by molar-refractivity contribution is 0.785. The highest BCUT2D eigenvalue weighted by molar-refractivity contribution is 5.45. The summed E-state index contributed by atoms with van der Waals surface area (Å²) < 4.78 is 3.99. The minimum atomic E-state index is 0.509. The number of aryl methyl sites for hydroxylation is 2. The van der Waals surface area contributed by atoms with Gasteiger partial charge in [0.1, 0.15) is 24.3 Å². The number of rotatable bonds is 4. The van der Waals surface area contributed by atoms with Gasteiger partial charge in [-0.05, 0) is 60.1 Å². The number of nitrogens with zero attached hydrogens (tertiary/aromatic N) is 6. The Hall–Kier alpha value is -3.68. The van der Waals surface area contributed by atoms with Crippen molar-refractivity contribution in [2.45, 2.75) is 36.5 Å². The Labute approximate surface area is 187 Å². The van der Waals surface area contributed by atoms with Crippen molar-refractivity contribution >= 4 is 11.4 Å². The lowest BCUT2D eigenvalue weighted by Gasteiger charge is -2.01. The van der Waals surface area contributed by atoms with Gasteiger partial charge in [0.25, 0.3) is 0 Å². The SMILES string of the molecule is Cn1cnnc1[C@@H]1C[C@@H]1c1cccc(N)c1.Cn1cnnc1[C@H]1C[C@H]1c1cccc(N)c1.